The smallest absolute Gasteiger partial charge is 0.142 e. The fraction of sp³-hybridized carbons (Fsp3) is 0. The molecule has 0 amide bonds. The van der Waals surface area contributed by atoms with Crippen LogP contribution in [0.15, 0.2) is 0 Å². The van der Waals surface area contributed by atoms with Crippen LogP contribution in [0.1, 0.15) is 0 Å². The van der Waals surface area contributed by atoms with Crippen molar-refractivity contribution in [3.8, 4) is 0 Å². The van der Waals surface area contributed by atoms with Gasteiger partial charge in [-0.2, -0.15) is 0 Å². The van der Waals surface area contributed by atoms with E-state index >= 15 is 0 Å². The minimum absolute atomic E-state index is 1.12. The number of hydrogen-bond acceptors (Lipinski definition) is 2. The van der Waals surface area contributed by atoms with Crippen LogP contribution < -0.4 is 0 Å². The standard InChI is InChI=1S/F3NS/c1-4(2)5-3. The van der Waals surface area contributed by atoms with Crippen LogP contribution in [0.5, 0.6) is 0 Å². The van der Waals surface area contributed by atoms with Crippen LogP contribution in [0.25, 0.3) is 0 Å². The molecule has 0 rings (SSSR count). The average molecular weight is 103 g/mol. The van der Waals surface area contributed by atoms with Crippen molar-refractivity contribution in [3.05, 3.63) is 0 Å². The van der Waals surface area contributed by atoms with E-state index in [1.807, 2.05) is 0 Å². The number of halogens is 3. The summed E-state index contributed by atoms with van der Waals surface area (Å²) in [5.41, 5.74) is 0. The Morgan fingerprint density at radius 1 is 1.40 bits per heavy atom. The van der Waals surface area contributed by atoms with E-state index in [4.69, 9.17) is 0 Å². The molecule has 0 aliphatic rings. The van der Waals surface area contributed by atoms with E-state index in [1.54, 1.807) is 0 Å². The first-order chi connectivity index (χ1) is 2.27. The topological polar surface area (TPSA) is 3.24 Å². The quantitative estimate of drug-likeness (QED) is 0.366. The Bertz CT molecular complexity index is 20.9. The van der Waals surface area contributed by atoms with Crippen molar-refractivity contribution in [2.45, 2.75) is 0 Å². The lowest BCUT2D eigenvalue weighted by Gasteiger charge is -1.79. The molecule has 5 heteroatoms. The molecule has 0 unspecified atom stereocenters. The maximum atomic E-state index is 10.2. The summed E-state index contributed by atoms with van der Waals surface area (Å²) in [6.45, 7) is 0. The summed E-state index contributed by atoms with van der Waals surface area (Å²) in [5.74, 6) is 0. The van der Waals surface area contributed by atoms with Gasteiger partial charge in [-0.25, -0.2) is 0 Å². The zero-order valence-corrected chi connectivity index (χ0v) is 2.81. The van der Waals surface area contributed by atoms with Gasteiger partial charge in [-0.15, -0.1) is 3.89 Å². The first-order valence-electron chi connectivity index (χ1n) is 0.675. The van der Waals surface area contributed by atoms with Gasteiger partial charge in [-0.1, -0.05) is 8.96 Å². The Morgan fingerprint density at radius 2 is 1.60 bits per heavy atom. The van der Waals surface area contributed by atoms with Gasteiger partial charge in [-0.05, 0) is 0 Å². The summed E-state index contributed by atoms with van der Waals surface area (Å²) in [6, 6.07) is 0. The van der Waals surface area contributed by atoms with Crippen molar-refractivity contribution >= 4 is 12.3 Å². The first-order valence-corrected chi connectivity index (χ1v) is 1.35. The van der Waals surface area contributed by atoms with Gasteiger partial charge in [-0.3, -0.25) is 0 Å². The third kappa shape index (κ3) is 4.10. The lowest BCUT2D eigenvalue weighted by atomic mass is 13.6. The molecule has 0 heterocycles. The lowest BCUT2D eigenvalue weighted by Crippen LogP contribution is -1.75. The predicted octanol–water partition coefficient (Wildman–Crippen LogP) is 1.59. The molecular weight excluding hydrogens is 103 g/mol. The van der Waals surface area contributed by atoms with Crippen molar-refractivity contribution in [1.29, 1.82) is 0 Å². The molecule has 0 bridgehead atoms. The molecule has 0 saturated carbocycles. The highest BCUT2D eigenvalue weighted by Gasteiger charge is 1.92. The van der Waals surface area contributed by atoms with Crippen LogP contribution in [-0.4, -0.2) is 4.75 Å². The molecule has 0 aromatic carbocycles. The minimum Gasteiger partial charge on any atom is -0.142 e. The van der Waals surface area contributed by atoms with Crippen LogP contribution >= 0.6 is 12.3 Å². The van der Waals surface area contributed by atoms with Crippen molar-refractivity contribution in [2.75, 3.05) is 0 Å². The molecule has 0 N–H and O–H groups in total. The Balaban J connectivity index is 2.54. The van der Waals surface area contributed by atoms with Crippen LogP contribution in [0.4, 0.5) is 12.8 Å². The summed E-state index contributed by atoms with van der Waals surface area (Å²) >= 11 is -1.12. The van der Waals surface area contributed by atoms with Crippen molar-refractivity contribution in [2.24, 2.45) is 0 Å². The molecule has 5 heavy (non-hydrogen) atoms. The Labute approximate surface area is 31.1 Å². The zero-order chi connectivity index (χ0) is 4.28. The lowest BCUT2D eigenvalue weighted by molar-refractivity contribution is -0.0436. The van der Waals surface area contributed by atoms with Gasteiger partial charge < -0.3 is 0 Å². The second-order valence-electron chi connectivity index (χ2n) is 0.271. The normalized spacial score (nSPS) is 9.60. The molecule has 32 valence electrons. The van der Waals surface area contributed by atoms with E-state index in [-0.39, 0.29) is 0 Å². The van der Waals surface area contributed by atoms with Crippen molar-refractivity contribution < 1.29 is 12.8 Å². The van der Waals surface area contributed by atoms with Gasteiger partial charge in [0.05, 0.1) is 0 Å². The molecular formula is F3NS. The second kappa shape index (κ2) is 2.34. The van der Waals surface area contributed by atoms with E-state index in [0.29, 0.717) is 0 Å². The fourth-order valence-corrected chi connectivity index (χ4v) is 0. The van der Waals surface area contributed by atoms with Gasteiger partial charge in [0.1, 0.15) is 4.75 Å². The van der Waals surface area contributed by atoms with Crippen LogP contribution in [-0.2, 0) is 0 Å². The largest absolute Gasteiger partial charge is 0.200 e. The minimum atomic E-state index is -1.62. The predicted molar refractivity (Wildman–Crippen MR) is 12.8 cm³/mol. The number of hydrogen-bond donors (Lipinski definition) is 0. The van der Waals surface area contributed by atoms with E-state index in [9.17, 15) is 12.8 Å². The Kier molecular flexibility index (Phi) is 2.39. The third-order valence-corrected chi connectivity index (χ3v) is 0.156. The molecule has 0 aromatic heterocycles. The van der Waals surface area contributed by atoms with E-state index in [0.717, 1.165) is 0 Å². The molecule has 0 atom stereocenters. The molecule has 0 fully saturated rings. The zero-order valence-electron chi connectivity index (χ0n) is 1.99. The van der Waals surface area contributed by atoms with E-state index in [2.05, 4.69) is 0 Å². The van der Waals surface area contributed by atoms with E-state index < -0.39 is 17.1 Å². The second-order valence-corrected chi connectivity index (χ2v) is 0.685. The molecule has 0 radical (unpaired) electrons. The monoisotopic (exact) mass is 103 g/mol. The summed E-state index contributed by atoms with van der Waals surface area (Å²) < 4.78 is 29.0. The first kappa shape index (κ1) is 5.10. The van der Waals surface area contributed by atoms with Crippen LogP contribution in [0.2, 0.25) is 0 Å². The van der Waals surface area contributed by atoms with Crippen LogP contribution in [0, 0.1) is 0 Å². The fourth-order valence-electron chi connectivity index (χ4n) is 0. The molecule has 0 aliphatic carbocycles. The van der Waals surface area contributed by atoms with Gasteiger partial charge in [0.2, 0.25) is 0 Å². The number of nitrogens with zero attached hydrogens (tertiary/aromatic N) is 1. The van der Waals surface area contributed by atoms with Gasteiger partial charge in [0.15, 0.2) is 12.3 Å². The van der Waals surface area contributed by atoms with Crippen molar-refractivity contribution in [3.63, 3.8) is 0 Å². The van der Waals surface area contributed by atoms with Gasteiger partial charge in [0, 0.05) is 0 Å². The molecule has 1 nitrogen and oxygen atoms in total. The van der Waals surface area contributed by atoms with Gasteiger partial charge in [0.25, 0.3) is 0 Å². The maximum Gasteiger partial charge on any atom is 0.200 e. The maximum absolute atomic E-state index is 10.2. The average Bonchev–Trinajstić information content (AvgIpc) is 1.38. The molecule has 0 spiro atoms. The highest BCUT2D eigenvalue weighted by atomic mass is 32.2. The Hall–Kier alpha value is 0.1000. The molecule has 0 saturated heterocycles. The number of rotatable bonds is 1. The Morgan fingerprint density at radius 3 is 1.60 bits per heavy atom. The summed E-state index contributed by atoms with van der Waals surface area (Å²) in [5, 5.41) is 0. The molecule has 0 aliphatic heterocycles. The molecule has 0 aromatic rings. The third-order valence-electron chi connectivity index (χ3n) is 0.0522. The van der Waals surface area contributed by atoms with Crippen molar-refractivity contribution in [1.82, 2.24) is 4.75 Å². The highest BCUT2D eigenvalue weighted by Crippen LogP contribution is 2.09. The van der Waals surface area contributed by atoms with Gasteiger partial charge >= 0.3 is 0 Å². The highest BCUT2D eigenvalue weighted by molar-refractivity contribution is 7.91. The summed E-state index contributed by atoms with van der Waals surface area (Å²) in [4.78, 5) is 0. The SMILES string of the molecule is FSN(F)F. The summed E-state index contributed by atoms with van der Waals surface area (Å²) in [6.07, 6.45) is 0. The van der Waals surface area contributed by atoms with Crippen LogP contribution in [0.3, 0.4) is 0 Å². The summed E-state index contributed by atoms with van der Waals surface area (Å²) in [7, 11) is 0. The van der Waals surface area contributed by atoms with E-state index in [1.165, 1.54) is 0 Å².